The van der Waals surface area contributed by atoms with Gasteiger partial charge < -0.3 is 19.7 Å². The van der Waals surface area contributed by atoms with Crippen LogP contribution in [0.4, 0.5) is 20.6 Å². The number of likely N-dealkylation sites (N-methyl/N-ethyl adjacent to an activating group) is 1. The average molecular weight is 364 g/mol. The molecular weight excluding hydrogens is 339 g/mol. The van der Waals surface area contributed by atoms with E-state index >= 15 is 0 Å². The molecule has 1 aromatic carbocycles. The number of piperazine rings is 1. The van der Waals surface area contributed by atoms with Crippen molar-refractivity contribution in [3.63, 3.8) is 0 Å². The van der Waals surface area contributed by atoms with E-state index in [2.05, 4.69) is 15.1 Å². The van der Waals surface area contributed by atoms with Gasteiger partial charge in [0.25, 0.3) is 0 Å². The molecule has 3 fully saturated rings. The Morgan fingerprint density at radius 1 is 1.23 bits per heavy atom. The summed E-state index contributed by atoms with van der Waals surface area (Å²) in [6.07, 6.45) is -0.632. The largest absolute Gasteiger partial charge is 0.443 e. The zero-order chi connectivity index (χ0) is 18.1. The van der Waals surface area contributed by atoms with Crippen molar-refractivity contribution in [1.29, 1.82) is 0 Å². The highest BCUT2D eigenvalue weighted by atomic mass is 19.1. The minimum absolute atomic E-state index is 0.209. The molecule has 0 aromatic heterocycles. The fourth-order valence-corrected chi connectivity index (χ4v) is 3.75. The van der Waals surface area contributed by atoms with Crippen molar-refractivity contribution in [3.8, 4) is 0 Å². The van der Waals surface area contributed by atoms with E-state index in [1.54, 1.807) is 12.1 Å². The van der Waals surface area contributed by atoms with Crippen LogP contribution in [0, 0.1) is 5.82 Å². The number of amides is 1. The number of halogens is 1. The van der Waals surface area contributed by atoms with Crippen LogP contribution in [0.2, 0.25) is 0 Å². The summed E-state index contributed by atoms with van der Waals surface area (Å²) in [5.74, 6) is -0.298. The predicted molar refractivity (Wildman–Crippen MR) is 96.3 cm³/mol. The van der Waals surface area contributed by atoms with Crippen molar-refractivity contribution < 1.29 is 18.7 Å². The number of benzene rings is 1. The van der Waals surface area contributed by atoms with E-state index in [1.807, 2.05) is 7.05 Å². The highest BCUT2D eigenvalue weighted by molar-refractivity contribution is 5.90. The summed E-state index contributed by atoms with van der Waals surface area (Å²) in [5, 5.41) is 2.99. The van der Waals surface area contributed by atoms with Crippen molar-refractivity contribution in [2.75, 3.05) is 69.3 Å². The lowest BCUT2D eigenvalue weighted by atomic mass is 10.1. The first-order chi connectivity index (χ1) is 12.7. The number of cyclic esters (lactones) is 1. The van der Waals surface area contributed by atoms with Gasteiger partial charge in [-0.1, -0.05) is 0 Å². The Morgan fingerprint density at radius 3 is 2.62 bits per heavy atom. The van der Waals surface area contributed by atoms with Crippen LogP contribution < -0.4 is 15.1 Å². The quantitative estimate of drug-likeness (QED) is 0.838. The van der Waals surface area contributed by atoms with E-state index in [1.165, 1.54) is 11.0 Å². The van der Waals surface area contributed by atoms with Gasteiger partial charge in [-0.25, -0.2) is 9.18 Å². The Kier molecular flexibility index (Phi) is 4.97. The van der Waals surface area contributed by atoms with Gasteiger partial charge in [-0.3, -0.25) is 9.80 Å². The lowest BCUT2D eigenvalue weighted by Gasteiger charge is -2.43. The standard InChI is InChI=1S/C18H25FN4O3/c1-20-9-15-10-23(18(24)26-15)13-2-3-17(16(19)8-13)22-6-4-21(5-7-22)14-11-25-12-14/h2-3,8,14-15,20H,4-7,9-12H2,1H3. The van der Waals surface area contributed by atoms with Crippen molar-refractivity contribution in [2.45, 2.75) is 12.1 Å². The Bertz CT molecular complexity index is 662. The van der Waals surface area contributed by atoms with E-state index < -0.39 is 6.09 Å². The number of anilines is 2. The Hall–Kier alpha value is -1.90. The van der Waals surface area contributed by atoms with Crippen LogP contribution in [0.15, 0.2) is 18.2 Å². The maximum Gasteiger partial charge on any atom is 0.414 e. The van der Waals surface area contributed by atoms with Crippen LogP contribution in [0.5, 0.6) is 0 Å². The van der Waals surface area contributed by atoms with Gasteiger partial charge in [0.15, 0.2) is 0 Å². The molecule has 1 atom stereocenters. The number of hydrogen-bond acceptors (Lipinski definition) is 6. The first-order valence-electron chi connectivity index (χ1n) is 9.15. The van der Waals surface area contributed by atoms with Gasteiger partial charge in [0.1, 0.15) is 11.9 Å². The molecule has 0 radical (unpaired) electrons. The van der Waals surface area contributed by atoms with Gasteiger partial charge in [-0.2, -0.15) is 0 Å². The summed E-state index contributed by atoms with van der Waals surface area (Å²) in [5.41, 5.74) is 1.14. The zero-order valence-electron chi connectivity index (χ0n) is 15.0. The highest BCUT2D eigenvalue weighted by Gasteiger charge is 2.33. The third-order valence-corrected chi connectivity index (χ3v) is 5.34. The number of hydrogen-bond donors (Lipinski definition) is 1. The molecule has 1 aromatic rings. The SMILES string of the molecule is CNCC1CN(c2ccc(N3CCN(C4COC4)CC3)c(F)c2)C(=O)O1. The summed E-state index contributed by atoms with van der Waals surface area (Å²) in [4.78, 5) is 18.0. The molecule has 1 amide bonds. The minimum atomic E-state index is -0.422. The number of nitrogens with one attached hydrogen (secondary N) is 1. The van der Waals surface area contributed by atoms with Crippen LogP contribution in [0.1, 0.15) is 0 Å². The lowest BCUT2D eigenvalue weighted by molar-refractivity contribution is -0.0660. The first kappa shape index (κ1) is 17.5. The molecule has 7 nitrogen and oxygen atoms in total. The van der Waals surface area contributed by atoms with Gasteiger partial charge in [0, 0.05) is 32.7 Å². The van der Waals surface area contributed by atoms with Gasteiger partial charge in [-0.15, -0.1) is 0 Å². The molecule has 26 heavy (non-hydrogen) atoms. The van der Waals surface area contributed by atoms with E-state index in [0.29, 0.717) is 30.5 Å². The second-order valence-electron chi connectivity index (χ2n) is 7.02. The van der Waals surface area contributed by atoms with Crippen LogP contribution in [-0.2, 0) is 9.47 Å². The van der Waals surface area contributed by atoms with Crippen molar-refractivity contribution in [3.05, 3.63) is 24.0 Å². The van der Waals surface area contributed by atoms with Crippen molar-refractivity contribution in [1.82, 2.24) is 10.2 Å². The smallest absolute Gasteiger partial charge is 0.414 e. The first-order valence-corrected chi connectivity index (χ1v) is 9.15. The molecule has 1 N–H and O–H groups in total. The van der Waals surface area contributed by atoms with Gasteiger partial charge in [0.05, 0.1) is 37.2 Å². The molecule has 3 aliphatic rings. The molecule has 142 valence electrons. The third-order valence-electron chi connectivity index (χ3n) is 5.34. The van der Waals surface area contributed by atoms with E-state index in [-0.39, 0.29) is 11.9 Å². The van der Waals surface area contributed by atoms with Gasteiger partial charge in [-0.05, 0) is 25.2 Å². The maximum atomic E-state index is 14.7. The predicted octanol–water partition coefficient (Wildman–Crippen LogP) is 0.891. The molecule has 8 heteroatoms. The van der Waals surface area contributed by atoms with Gasteiger partial charge >= 0.3 is 6.09 Å². The normalized spacial score (nSPS) is 24.7. The number of rotatable bonds is 5. The minimum Gasteiger partial charge on any atom is -0.443 e. The molecule has 1 unspecified atom stereocenters. The number of ether oxygens (including phenoxy) is 2. The molecule has 4 rings (SSSR count). The van der Waals surface area contributed by atoms with Crippen LogP contribution >= 0.6 is 0 Å². The lowest BCUT2D eigenvalue weighted by Crippen LogP contribution is -2.56. The molecule has 0 bridgehead atoms. The summed E-state index contributed by atoms with van der Waals surface area (Å²) in [7, 11) is 1.81. The Labute approximate surface area is 152 Å². The molecule has 3 heterocycles. The van der Waals surface area contributed by atoms with Crippen molar-refractivity contribution >= 4 is 17.5 Å². The van der Waals surface area contributed by atoms with E-state index in [4.69, 9.17) is 9.47 Å². The monoisotopic (exact) mass is 364 g/mol. The second-order valence-corrected chi connectivity index (χ2v) is 7.02. The number of carbonyl (C=O) groups is 1. The summed E-state index contributed by atoms with van der Waals surface area (Å²) in [6, 6.07) is 5.53. The van der Waals surface area contributed by atoms with Gasteiger partial charge in [0.2, 0.25) is 0 Å². The highest BCUT2D eigenvalue weighted by Crippen LogP contribution is 2.29. The van der Waals surface area contributed by atoms with Crippen LogP contribution in [0.3, 0.4) is 0 Å². The topological polar surface area (TPSA) is 57.3 Å². The average Bonchev–Trinajstić information content (AvgIpc) is 2.95. The van der Waals surface area contributed by atoms with E-state index in [0.717, 1.165) is 39.4 Å². The van der Waals surface area contributed by atoms with E-state index in [9.17, 15) is 9.18 Å². The van der Waals surface area contributed by atoms with Crippen molar-refractivity contribution in [2.24, 2.45) is 0 Å². The second kappa shape index (κ2) is 7.38. The number of nitrogens with zero attached hydrogens (tertiary/aromatic N) is 3. The molecule has 0 saturated carbocycles. The zero-order valence-corrected chi connectivity index (χ0v) is 15.0. The summed E-state index contributed by atoms with van der Waals surface area (Å²) < 4.78 is 25.3. The molecule has 0 spiro atoms. The maximum absolute atomic E-state index is 14.7. The molecule has 3 aliphatic heterocycles. The molecule has 0 aliphatic carbocycles. The Morgan fingerprint density at radius 2 is 2.00 bits per heavy atom. The fourth-order valence-electron chi connectivity index (χ4n) is 3.75. The summed E-state index contributed by atoms with van der Waals surface area (Å²) >= 11 is 0. The third kappa shape index (κ3) is 3.36. The summed E-state index contributed by atoms with van der Waals surface area (Å²) in [6.45, 7) is 6.05. The van der Waals surface area contributed by atoms with Crippen LogP contribution in [0.25, 0.3) is 0 Å². The molecular formula is C18H25FN4O3. The fraction of sp³-hybridized carbons (Fsp3) is 0.611. The number of carbonyl (C=O) groups excluding carboxylic acids is 1. The van der Waals surface area contributed by atoms with Crippen LogP contribution in [-0.4, -0.2) is 82.7 Å². The molecule has 3 saturated heterocycles. The Balaban J connectivity index is 1.41.